The molecule has 0 saturated heterocycles. The van der Waals surface area contributed by atoms with Gasteiger partial charge in [0, 0.05) is 0 Å². The standard InChI is InChI=1S/C7H5Br3O3S/c8-7(9,10)5-1-3-6(4-2-5)13-14(11)12/h1-4H,(H,11,12)/p-1. The van der Waals surface area contributed by atoms with E-state index in [-0.39, 0.29) is 5.75 Å². The molecule has 0 aliphatic heterocycles. The summed E-state index contributed by atoms with van der Waals surface area (Å²) in [5.74, 6) is 0.277. The molecule has 1 aromatic rings. The molecule has 1 atom stereocenters. The molecule has 0 N–H and O–H groups in total. The molecular formula is C7H4Br3O3S-. The number of halogens is 3. The van der Waals surface area contributed by atoms with E-state index in [9.17, 15) is 8.76 Å². The van der Waals surface area contributed by atoms with Crippen LogP contribution in [-0.4, -0.2) is 8.76 Å². The number of alkyl halides is 3. The number of benzene rings is 1. The van der Waals surface area contributed by atoms with E-state index in [2.05, 4.69) is 52.0 Å². The second kappa shape index (κ2) is 5.07. The van der Waals surface area contributed by atoms with Crippen molar-refractivity contribution in [2.45, 2.75) is 2.14 Å². The second-order valence-electron chi connectivity index (χ2n) is 2.31. The molecule has 0 heterocycles. The lowest BCUT2D eigenvalue weighted by Gasteiger charge is -2.13. The molecule has 0 fully saturated rings. The van der Waals surface area contributed by atoms with Crippen molar-refractivity contribution in [3.63, 3.8) is 0 Å². The maximum absolute atomic E-state index is 10.2. The fourth-order valence-electron chi connectivity index (χ4n) is 0.778. The molecule has 1 unspecified atom stereocenters. The van der Waals surface area contributed by atoms with Gasteiger partial charge in [-0.2, -0.15) is 0 Å². The molecule has 14 heavy (non-hydrogen) atoms. The predicted molar refractivity (Wildman–Crippen MR) is 64.4 cm³/mol. The first kappa shape index (κ1) is 12.6. The molecule has 0 bridgehead atoms. The van der Waals surface area contributed by atoms with Gasteiger partial charge in [-0.25, -0.2) is 4.21 Å². The number of rotatable bonds is 2. The average molecular weight is 408 g/mol. The predicted octanol–water partition coefficient (Wildman–Crippen LogP) is 3.15. The molecule has 0 radical (unpaired) electrons. The molecule has 0 aliphatic carbocycles. The summed E-state index contributed by atoms with van der Waals surface area (Å²) < 4.78 is 24.4. The molecule has 7 heteroatoms. The van der Waals surface area contributed by atoms with Crippen molar-refractivity contribution in [1.82, 2.24) is 0 Å². The van der Waals surface area contributed by atoms with Gasteiger partial charge < -0.3 is 8.74 Å². The molecule has 1 rings (SSSR count). The normalized spacial score (nSPS) is 13.7. The van der Waals surface area contributed by atoms with Crippen LogP contribution in [0.15, 0.2) is 24.3 Å². The van der Waals surface area contributed by atoms with Crippen molar-refractivity contribution in [3.8, 4) is 5.75 Å². The molecule has 0 aliphatic rings. The Morgan fingerprint density at radius 1 is 1.21 bits per heavy atom. The minimum atomic E-state index is -2.53. The van der Waals surface area contributed by atoms with Crippen LogP contribution < -0.4 is 4.18 Å². The molecule has 0 spiro atoms. The first-order valence-electron chi connectivity index (χ1n) is 3.34. The van der Waals surface area contributed by atoms with Crippen LogP contribution in [0.5, 0.6) is 5.75 Å². The third kappa shape index (κ3) is 3.98. The summed E-state index contributed by atoms with van der Waals surface area (Å²) in [5.41, 5.74) is 0.890. The van der Waals surface area contributed by atoms with Crippen molar-refractivity contribution in [3.05, 3.63) is 29.8 Å². The van der Waals surface area contributed by atoms with Crippen LogP contribution >= 0.6 is 47.8 Å². The lowest BCUT2D eigenvalue weighted by molar-refractivity contribution is 0.440. The zero-order valence-corrected chi connectivity index (χ0v) is 12.2. The maximum atomic E-state index is 10.2. The third-order valence-corrected chi connectivity index (χ3v) is 3.05. The first-order chi connectivity index (χ1) is 6.39. The van der Waals surface area contributed by atoms with E-state index in [1.807, 2.05) is 0 Å². The van der Waals surface area contributed by atoms with Crippen LogP contribution in [0.4, 0.5) is 0 Å². The van der Waals surface area contributed by atoms with E-state index in [4.69, 9.17) is 0 Å². The fourth-order valence-corrected chi connectivity index (χ4v) is 1.84. The van der Waals surface area contributed by atoms with Crippen LogP contribution in [0.1, 0.15) is 5.56 Å². The quantitative estimate of drug-likeness (QED) is 0.559. The van der Waals surface area contributed by atoms with Crippen molar-refractivity contribution < 1.29 is 12.9 Å². The monoisotopic (exact) mass is 405 g/mol. The van der Waals surface area contributed by atoms with Gasteiger partial charge in [0.05, 0.1) is 0 Å². The van der Waals surface area contributed by atoms with Gasteiger partial charge in [-0.05, 0) is 17.7 Å². The van der Waals surface area contributed by atoms with Gasteiger partial charge in [0.25, 0.3) is 0 Å². The summed E-state index contributed by atoms with van der Waals surface area (Å²) in [4.78, 5) is 0. The summed E-state index contributed by atoms with van der Waals surface area (Å²) in [6.07, 6.45) is 0. The van der Waals surface area contributed by atoms with Gasteiger partial charge in [0.1, 0.15) is 17.1 Å². The lowest BCUT2D eigenvalue weighted by atomic mass is 10.2. The smallest absolute Gasteiger partial charge is 0.159 e. The molecule has 0 saturated carbocycles. The number of hydrogen-bond donors (Lipinski definition) is 0. The van der Waals surface area contributed by atoms with E-state index in [0.29, 0.717) is 0 Å². The van der Waals surface area contributed by atoms with Crippen LogP contribution in [0, 0.1) is 0 Å². The molecular weight excluding hydrogens is 404 g/mol. The van der Waals surface area contributed by atoms with Gasteiger partial charge in [0.15, 0.2) is 2.14 Å². The largest absolute Gasteiger partial charge is 0.740 e. The van der Waals surface area contributed by atoms with Gasteiger partial charge >= 0.3 is 0 Å². The molecule has 1 aromatic carbocycles. The van der Waals surface area contributed by atoms with E-state index < -0.39 is 13.5 Å². The van der Waals surface area contributed by atoms with Crippen molar-refractivity contribution >= 4 is 59.2 Å². The topological polar surface area (TPSA) is 49.4 Å². The molecule has 3 nitrogen and oxygen atoms in total. The summed E-state index contributed by atoms with van der Waals surface area (Å²) in [7, 11) is 0. The van der Waals surface area contributed by atoms with E-state index in [1.54, 1.807) is 24.3 Å². The highest BCUT2D eigenvalue weighted by atomic mass is 80.0. The van der Waals surface area contributed by atoms with Crippen LogP contribution in [-0.2, 0) is 13.5 Å². The van der Waals surface area contributed by atoms with Crippen LogP contribution in [0.2, 0.25) is 0 Å². The van der Waals surface area contributed by atoms with Crippen molar-refractivity contribution in [1.29, 1.82) is 0 Å². The average Bonchev–Trinajstić information content (AvgIpc) is 2.02. The third-order valence-electron chi connectivity index (χ3n) is 1.35. The Hall–Kier alpha value is 0.570. The SMILES string of the molecule is O=S([O-])Oc1ccc(C(Br)(Br)Br)cc1. The maximum Gasteiger partial charge on any atom is 0.159 e. The zero-order valence-electron chi connectivity index (χ0n) is 6.58. The Kier molecular flexibility index (Phi) is 4.57. The van der Waals surface area contributed by atoms with Crippen molar-refractivity contribution in [2.75, 3.05) is 0 Å². The summed E-state index contributed by atoms with van der Waals surface area (Å²) in [5, 5.41) is 0. The lowest BCUT2D eigenvalue weighted by Crippen LogP contribution is -2.00. The van der Waals surface area contributed by atoms with Gasteiger partial charge in [0.2, 0.25) is 0 Å². The summed E-state index contributed by atoms with van der Waals surface area (Å²) in [6.45, 7) is 0. The Bertz CT molecular complexity index is 333. The van der Waals surface area contributed by atoms with E-state index in [1.165, 1.54) is 0 Å². The highest BCUT2D eigenvalue weighted by Gasteiger charge is 2.20. The Morgan fingerprint density at radius 3 is 2.07 bits per heavy atom. The minimum Gasteiger partial charge on any atom is -0.740 e. The highest BCUT2D eigenvalue weighted by Crippen LogP contribution is 2.44. The first-order valence-corrected chi connectivity index (χ1v) is 6.72. The van der Waals surface area contributed by atoms with Crippen LogP contribution in [0.25, 0.3) is 0 Å². The molecule has 0 aromatic heterocycles. The zero-order chi connectivity index (χ0) is 10.8. The highest BCUT2D eigenvalue weighted by molar-refractivity contribution is 9.38. The molecule has 78 valence electrons. The van der Waals surface area contributed by atoms with Crippen LogP contribution in [0.3, 0.4) is 0 Å². The summed E-state index contributed by atoms with van der Waals surface area (Å²) >= 11 is 7.47. The van der Waals surface area contributed by atoms with E-state index >= 15 is 0 Å². The molecule has 0 amide bonds. The fraction of sp³-hybridized carbons (Fsp3) is 0.143. The van der Waals surface area contributed by atoms with Crippen molar-refractivity contribution in [2.24, 2.45) is 0 Å². The minimum absolute atomic E-state index is 0.277. The Labute approximate surface area is 109 Å². The van der Waals surface area contributed by atoms with Gasteiger partial charge in [-0.3, -0.25) is 0 Å². The number of hydrogen-bond acceptors (Lipinski definition) is 3. The summed E-state index contributed by atoms with van der Waals surface area (Å²) in [6, 6.07) is 6.56. The second-order valence-corrected chi connectivity index (χ2v) is 9.65. The Balaban J connectivity index is 2.84. The van der Waals surface area contributed by atoms with E-state index in [0.717, 1.165) is 5.56 Å². The Morgan fingerprint density at radius 2 is 1.71 bits per heavy atom. The van der Waals surface area contributed by atoms with Gasteiger partial charge in [-0.15, -0.1) is 0 Å². The van der Waals surface area contributed by atoms with Gasteiger partial charge in [-0.1, -0.05) is 59.9 Å².